The van der Waals surface area contributed by atoms with Crippen molar-refractivity contribution in [3.63, 3.8) is 0 Å². The molecule has 0 aromatic rings. The van der Waals surface area contributed by atoms with Crippen LogP contribution in [0.3, 0.4) is 0 Å². The van der Waals surface area contributed by atoms with E-state index in [0.29, 0.717) is 12.8 Å². The molecule has 184 valence electrons. The molecule has 0 amide bonds. The summed E-state index contributed by atoms with van der Waals surface area (Å²) in [6, 6.07) is 0. The molecule has 2 rings (SSSR count). The Kier molecular flexibility index (Phi) is 9.04. The molecule has 0 unspecified atom stereocenters. The van der Waals surface area contributed by atoms with Gasteiger partial charge < -0.3 is 14.2 Å². The second-order valence-corrected chi connectivity index (χ2v) is 9.92. The maximum atomic E-state index is 13.0. The molecular formula is C26H38O7. The van der Waals surface area contributed by atoms with Gasteiger partial charge >= 0.3 is 17.9 Å². The normalized spacial score (nSPS) is 29.6. The summed E-state index contributed by atoms with van der Waals surface area (Å²) in [5.74, 6) is -0.757. The maximum absolute atomic E-state index is 13.0. The zero-order valence-electron chi connectivity index (χ0n) is 20.8. The van der Waals surface area contributed by atoms with Gasteiger partial charge in [0.2, 0.25) is 0 Å². The van der Waals surface area contributed by atoms with Crippen LogP contribution in [0.5, 0.6) is 0 Å². The summed E-state index contributed by atoms with van der Waals surface area (Å²) in [5, 5.41) is 0. The second-order valence-electron chi connectivity index (χ2n) is 9.92. The zero-order valence-corrected chi connectivity index (χ0v) is 20.8. The maximum Gasteiger partial charge on any atom is 0.302 e. The highest BCUT2D eigenvalue weighted by atomic mass is 16.5. The van der Waals surface area contributed by atoms with Gasteiger partial charge in [0.1, 0.15) is 25.6 Å². The van der Waals surface area contributed by atoms with E-state index >= 15 is 0 Å². The van der Waals surface area contributed by atoms with E-state index in [9.17, 15) is 19.2 Å². The molecule has 1 fully saturated rings. The van der Waals surface area contributed by atoms with Crippen LogP contribution in [0.25, 0.3) is 0 Å². The number of ether oxygens (including phenoxy) is 3. The molecule has 0 N–H and O–H groups in total. The smallest absolute Gasteiger partial charge is 0.302 e. The Balaban J connectivity index is 2.32. The molecule has 33 heavy (non-hydrogen) atoms. The lowest BCUT2D eigenvalue weighted by Gasteiger charge is -2.56. The summed E-state index contributed by atoms with van der Waals surface area (Å²) < 4.78 is 15.7. The number of allylic oxidation sites excluding steroid dienone is 2. The summed E-state index contributed by atoms with van der Waals surface area (Å²) in [6.07, 6.45) is 7.49. The van der Waals surface area contributed by atoms with Crippen molar-refractivity contribution >= 4 is 23.7 Å². The Bertz CT molecular complexity index is 840. The van der Waals surface area contributed by atoms with Crippen molar-refractivity contribution in [1.82, 2.24) is 0 Å². The Morgan fingerprint density at radius 1 is 1.03 bits per heavy atom. The van der Waals surface area contributed by atoms with Crippen molar-refractivity contribution in [3.05, 3.63) is 23.3 Å². The van der Waals surface area contributed by atoms with E-state index in [1.54, 1.807) is 0 Å². The molecule has 2 aliphatic carbocycles. The molecule has 7 nitrogen and oxygen atoms in total. The highest BCUT2D eigenvalue weighted by Crippen LogP contribution is 2.59. The lowest BCUT2D eigenvalue weighted by molar-refractivity contribution is -0.161. The molecule has 0 aromatic carbocycles. The van der Waals surface area contributed by atoms with Gasteiger partial charge in [-0.25, -0.2) is 0 Å². The Morgan fingerprint density at radius 3 is 2.27 bits per heavy atom. The molecule has 0 bridgehead atoms. The standard InChI is InChI=1S/C26H38O7/c1-17(12-14-31-18(2)27)7-9-22-21(15-32-19(3)28)8-10-23-25(22,5)13-11-24(30)26(23,6)16-33-20(4)29/h8,12,22-23H,7,9-11,13-16H2,1-6H3/b17-12+/t22-,23+,25+,26+/m1/s1. The molecule has 0 aromatic heterocycles. The number of Topliss-reactive ketones (excluding diaryl/α,β-unsaturated/α-hetero) is 1. The first kappa shape index (κ1) is 26.8. The van der Waals surface area contributed by atoms with Gasteiger partial charge in [0.15, 0.2) is 0 Å². The van der Waals surface area contributed by atoms with Gasteiger partial charge in [0, 0.05) is 27.2 Å². The summed E-state index contributed by atoms with van der Waals surface area (Å²) in [7, 11) is 0. The first-order chi connectivity index (χ1) is 15.4. The van der Waals surface area contributed by atoms with E-state index in [4.69, 9.17) is 14.2 Å². The first-order valence-electron chi connectivity index (χ1n) is 11.7. The number of ketones is 1. The summed E-state index contributed by atoms with van der Waals surface area (Å²) in [5.41, 5.74) is 1.24. The lowest BCUT2D eigenvalue weighted by Crippen LogP contribution is -2.56. The minimum atomic E-state index is -0.749. The van der Waals surface area contributed by atoms with Crippen LogP contribution < -0.4 is 0 Å². The largest absolute Gasteiger partial charge is 0.465 e. The van der Waals surface area contributed by atoms with E-state index in [0.717, 1.165) is 30.4 Å². The van der Waals surface area contributed by atoms with Crippen molar-refractivity contribution in [1.29, 1.82) is 0 Å². The van der Waals surface area contributed by atoms with Gasteiger partial charge in [-0.15, -0.1) is 0 Å². The van der Waals surface area contributed by atoms with Gasteiger partial charge in [-0.05, 0) is 68.4 Å². The van der Waals surface area contributed by atoms with Crippen LogP contribution in [-0.2, 0) is 33.4 Å². The SMILES string of the molecule is CC(=O)OC/C=C(\C)CC[C@@H]1C(COC(C)=O)=CC[C@H]2[C@@]1(C)CCC(=O)[C@@]2(C)COC(C)=O. The number of fused-ring (bicyclic) bond motifs is 1. The third kappa shape index (κ3) is 6.55. The van der Waals surface area contributed by atoms with E-state index in [2.05, 4.69) is 13.0 Å². The second kappa shape index (κ2) is 11.1. The zero-order chi connectivity index (χ0) is 24.8. The van der Waals surface area contributed by atoms with Crippen LogP contribution in [0.15, 0.2) is 23.3 Å². The Labute approximate surface area is 196 Å². The highest BCUT2D eigenvalue weighted by Gasteiger charge is 2.58. The molecule has 0 heterocycles. The van der Waals surface area contributed by atoms with E-state index in [-0.39, 0.29) is 60.8 Å². The fourth-order valence-corrected chi connectivity index (χ4v) is 5.61. The van der Waals surface area contributed by atoms with Gasteiger partial charge in [0.25, 0.3) is 0 Å². The average molecular weight is 463 g/mol. The minimum absolute atomic E-state index is 0.0157. The number of hydrogen-bond acceptors (Lipinski definition) is 7. The predicted octanol–water partition coefficient (Wildman–Crippen LogP) is 4.34. The fraction of sp³-hybridized carbons (Fsp3) is 0.692. The molecule has 2 aliphatic rings. The molecule has 1 saturated carbocycles. The van der Waals surface area contributed by atoms with E-state index < -0.39 is 5.41 Å². The number of rotatable bonds is 9. The molecular weight excluding hydrogens is 424 g/mol. The van der Waals surface area contributed by atoms with Gasteiger partial charge in [0.05, 0.1) is 5.41 Å². The van der Waals surface area contributed by atoms with Crippen LogP contribution in [0, 0.1) is 22.7 Å². The van der Waals surface area contributed by atoms with E-state index in [1.807, 2.05) is 19.9 Å². The Morgan fingerprint density at radius 2 is 1.67 bits per heavy atom. The third-order valence-corrected chi connectivity index (χ3v) is 7.52. The van der Waals surface area contributed by atoms with Crippen LogP contribution in [0.2, 0.25) is 0 Å². The number of esters is 3. The van der Waals surface area contributed by atoms with Crippen molar-refractivity contribution in [3.8, 4) is 0 Å². The van der Waals surface area contributed by atoms with Crippen molar-refractivity contribution in [2.45, 2.75) is 73.6 Å². The highest BCUT2D eigenvalue weighted by molar-refractivity contribution is 5.86. The van der Waals surface area contributed by atoms with Crippen molar-refractivity contribution < 1.29 is 33.4 Å². The monoisotopic (exact) mass is 462 g/mol. The van der Waals surface area contributed by atoms with Gasteiger partial charge in [-0.1, -0.05) is 18.6 Å². The van der Waals surface area contributed by atoms with Crippen molar-refractivity contribution in [2.75, 3.05) is 19.8 Å². The van der Waals surface area contributed by atoms with Crippen molar-refractivity contribution in [2.24, 2.45) is 22.7 Å². The first-order valence-corrected chi connectivity index (χ1v) is 11.7. The van der Waals surface area contributed by atoms with Crippen LogP contribution >= 0.6 is 0 Å². The summed E-state index contributed by atoms with van der Waals surface area (Å²) in [4.78, 5) is 47.1. The molecule has 4 atom stereocenters. The lowest BCUT2D eigenvalue weighted by atomic mass is 9.47. The molecule has 0 aliphatic heterocycles. The van der Waals surface area contributed by atoms with Crippen LogP contribution in [-0.4, -0.2) is 43.5 Å². The van der Waals surface area contributed by atoms with E-state index in [1.165, 1.54) is 20.8 Å². The Hall–Kier alpha value is -2.44. The average Bonchev–Trinajstić information content (AvgIpc) is 2.72. The predicted molar refractivity (Wildman–Crippen MR) is 123 cm³/mol. The molecule has 0 radical (unpaired) electrons. The summed E-state index contributed by atoms with van der Waals surface area (Å²) in [6.45, 7) is 10.9. The minimum Gasteiger partial charge on any atom is -0.465 e. The number of carbonyl (C=O) groups is 4. The molecule has 0 saturated heterocycles. The number of carbonyl (C=O) groups excluding carboxylic acids is 4. The van der Waals surface area contributed by atoms with Crippen LogP contribution in [0.1, 0.15) is 73.6 Å². The quantitative estimate of drug-likeness (QED) is 0.286. The third-order valence-electron chi connectivity index (χ3n) is 7.52. The van der Waals surface area contributed by atoms with Crippen LogP contribution in [0.4, 0.5) is 0 Å². The van der Waals surface area contributed by atoms with Gasteiger partial charge in [-0.2, -0.15) is 0 Å². The molecule has 7 heteroatoms. The topological polar surface area (TPSA) is 96.0 Å². The fourth-order valence-electron chi connectivity index (χ4n) is 5.61. The number of hydrogen-bond donors (Lipinski definition) is 0. The summed E-state index contributed by atoms with van der Waals surface area (Å²) >= 11 is 0. The molecule has 0 spiro atoms. The van der Waals surface area contributed by atoms with Gasteiger partial charge in [-0.3, -0.25) is 19.2 Å².